The highest BCUT2D eigenvalue weighted by Gasteiger charge is 2.16. The number of aryl methyl sites for hydroxylation is 3. The van der Waals surface area contributed by atoms with Crippen molar-refractivity contribution in [2.75, 3.05) is 7.11 Å². The first-order chi connectivity index (χ1) is 12.6. The zero-order valence-electron chi connectivity index (χ0n) is 15.2. The minimum absolute atomic E-state index is 0.382. The van der Waals surface area contributed by atoms with Gasteiger partial charge in [0, 0.05) is 0 Å². The zero-order chi connectivity index (χ0) is 20.2. The summed E-state index contributed by atoms with van der Waals surface area (Å²) in [5, 5.41) is 4.84. The minimum atomic E-state index is -4.38. The number of ether oxygens (including phenoxy) is 2. The van der Waals surface area contributed by atoms with E-state index in [1.165, 1.54) is 12.1 Å². The largest absolute Gasteiger partial charge is 0.496 e. The lowest BCUT2D eigenvalue weighted by molar-refractivity contribution is -0.0507. The molecule has 0 fully saturated rings. The van der Waals surface area contributed by atoms with Gasteiger partial charge in [-0.25, -0.2) is 0 Å². The number of methoxy groups -OCH3 is 1. The molecule has 6 nitrogen and oxygen atoms in total. The van der Waals surface area contributed by atoms with Crippen LogP contribution >= 0.6 is 0 Å². The van der Waals surface area contributed by atoms with Gasteiger partial charge in [0.15, 0.2) is 11.5 Å². The third-order valence-electron chi connectivity index (χ3n) is 4.03. The molecule has 2 aromatic rings. The van der Waals surface area contributed by atoms with E-state index in [1.807, 2.05) is 26.0 Å². The van der Waals surface area contributed by atoms with Crippen LogP contribution in [0.1, 0.15) is 22.3 Å². The Morgan fingerprint density at radius 1 is 1.00 bits per heavy atom. The van der Waals surface area contributed by atoms with Gasteiger partial charge < -0.3 is 13.7 Å². The minimum Gasteiger partial charge on any atom is -0.496 e. The fourth-order valence-corrected chi connectivity index (χ4v) is 3.02. The summed E-state index contributed by atoms with van der Waals surface area (Å²) in [6.45, 7) is 0.827. The van der Waals surface area contributed by atoms with Crippen LogP contribution in [0.25, 0.3) is 0 Å². The Morgan fingerprint density at radius 3 is 2.22 bits per heavy atom. The highest BCUT2D eigenvalue weighted by atomic mass is 32.2. The molecule has 2 rings (SSSR count). The van der Waals surface area contributed by atoms with E-state index in [-0.39, 0.29) is 5.75 Å². The third kappa shape index (κ3) is 6.07. The number of benzene rings is 2. The number of nitrogens with two attached hydrogens (primary N) is 1. The fraction of sp³-hybridized carbons (Fsp3) is 0.333. The Hall–Kier alpha value is -2.39. The van der Waals surface area contributed by atoms with Crippen LogP contribution in [-0.4, -0.2) is 22.1 Å². The normalized spacial score (nSPS) is 11.5. The number of halogens is 2. The summed E-state index contributed by atoms with van der Waals surface area (Å²) < 4.78 is 61.5. The van der Waals surface area contributed by atoms with Crippen LogP contribution in [-0.2, 0) is 23.1 Å². The molecule has 0 aliphatic heterocycles. The van der Waals surface area contributed by atoms with Crippen molar-refractivity contribution in [3.05, 3.63) is 52.6 Å². The van der Waals surface area contributed by atoms with Crippen molar-refractivity contribution < 1.29 is 30.9 Å². The second-order valence-electron chi connectivity index (χ2n) is 5.98. The predicted molar refractivity (Wildman–Crippen MR) is 96.7 cm³/mol. The molecule has 0 saturated heterocycles. The molecule has 0 spiro atoms. The smallest absolute Gasteiger partial charge is 0.387 e. The maximum Gasteiger partial charge on any atom is 0.387 e. The van der Waals surface area contributed by atoms with E-state index < -0.39 is 22.7 Å². The van der Waals surface area contributed by atoms with E-state index in [0.29, 0.717) is 18.4 Å². The van der Waals surface area contributed by atoms with Crippen molar-refractivity contribution in [2.45, 2.75) is 33.3 Å². The predicted octanol–water partition coefficient (Wildman–Crippen LogP) is 3.28. The lowest BCUT2D eigenvalue weighted by atomic mass is 9.99. The maximum absolute atomic E-state index is 12.5. The molecular weight excluding hydrogens is 380 g/mol. The summed E-state index contributed by atoms with van der Waals surface area (Å²) in [4.78, 5) is 0. The van der Waals surface area contributed by atoms with E-state index >= 15 is 0 Å². The lowest BCUT2D eigenvalue weighted by Gasteiger charge is -2.13. The Balaban J connectivity index is 2.24. The van der Waals surface area contributed by atoms with E-state index in [1.54, 1.807) is 13.2 Å². The maximum atomic E-state index is 12.5. The highest BCUT2D eigenvalue weighted by molar-refractivity contribution is 7.84. The average Bonchev–Trinajstić information content (AvgIpc) is 2.56. The first-order valence-corrected chi connectivity index (χ1v) is 9.50. The standard InChI is InChI=1S/C18H21F2NO5S/c1-11-8-14(10-16(24-3)12(11)2)5-4-13-6-7-15(25-18(19)20)17(9-13)26-27(21,22)23/h6-10,18H,4-5H2,1-3H3,(H2,21,22,23). The van der Waals surface area contributed by atoms with Crippen LogP contribution in [0, 0.1) is 13.8 Å². The van der Waals surface area contributed by atoms with Crippen molar-refractivity contribution >= 4 is 10.3 Å². The van der Waals surface area contributed by atoms with Gasteiger partial charge in [-0.3, -0.25) is 0 Å². The fourth-order valence-electron chi connectivity index (χ4n) is 2.64. The van der Waals surface area contributed by atoms with Gasteiger partial charge in [-0.05, 0) is 67.1 Å². The summed E-state index contributed by atoms with van der Waals surface area (Å²) in [6, 6.07) is 8.07. The van der Waals surface area contributed by atoms with E-state index in [4.69, 9.17) is 9.88 Å². The molecule has 27 heavy (non-hydrogen) atoms. The van der Waals surface area contributed by atoms with Gasteiger partial charge in [-0.15, -0.1) is 0 Å². The summed E-state index contributed by atoms with van der Waals surface area (Å²) >= 11 is 0. The quantitative estimate of drug-likeness (QED) is 0.733. The van der Waals surface area contributed by atoms with Crippen LogP contribution < -0.4 is 18.8 Å². The van der Waals surface area contributed by atoms with Gasteiger partial charge in [0.1, 0.15) is 5.75 Å². The SMILES string of the molecule is COc1cc(CCc2ccc(OC(F)F)c(OS(N)(=O)=O)c2)cc(C)c1C. The van der Waals surface area contributed by atoms with Gasteiger partial charge in [-0.2, -0.15) is 22.3 Å². The van der Waals surface area contributed by atoms with E-state index in [0.717, 1.165) is 22.4 Å². The van der Waals surface area contributed by atoms with Crippen molar-refractivity contribution in [3.63, 3.8) is 0 Å². The van der Waals surface area contributed by atoms with Crippen LogP contribution in [0.5, 0.6) is 17.2 Å². The molecule has 2 N–H and O–H groups in total. The monoisotopic (exact) mass is 401 g/mol. The molecule has 148 valence electrons. The number of hydrogen-bond donors (Lipinski definition) is 1. The van der Waals surface area contributed by atoms with Crippen LogP contribution in [0.15, 0.2) is 30.3 Å². The molecule has 0 radical (unpaired) electrons. The second-order valence-corrected chi connectivity index (χ2v) is 7.13. The van der Waals surface area contributed by atoms with Crippen LogP contribution in [0.2, 0.25) is 0 Å². The van der Waals surface area contributed by atoms with Gasteiger partial charge >= 0.3 is 16.9 Å². The molecule has 0 bridgehead atoms. The first kappa shape index (κ1) is 20.9. The zero-order valence-corrected chi connectivity index (χ0v) is 16.0. The number of hydrogen-bond acceptors (Lipinski definition) is 5. The molecule has 0 aliphatic rings. The van der Waals surface area contributed by atoms with Gasteiger partial charge in [0.05, 0.1) is 7.11 Å². The molecule has 2 aromatic carbocycles. The molecular formula is C18H21F2NO5S. The molecule has 0 heterocycles. The topological polar surface area (TPSA) is 87.8 Å². The molecule has 9 heteroatoms. The number of rotatable bonds is 8. The Bertz CT molecular complexity index is 916. The molecule has 0 aromatic heterocycles. The van der Waals surface area contributed by atoms with Gasteiger partial charge in [-0.1, -0.05) is 12.1 Å². The summed E-state index contributed by atoms with van der Waals surface area (Å²) in [5.74, 6) is -0.00693. The van der Waals surface area contributed by atoms with E-state index in [9.17, 15) is 17.2 Å². The van der Waals surface area contributed by atoms with Crippen molar-refractivity contribution in [1.29, 1.82) is 0 Å². The highest BCUT2D eigenvalue weighted by Crippen LogP contribution is 2.31. The van der Waals surface area contributed by atoms with Crippen molar-refractivity contribution in [2.24, 2.45) is 5.14 Å². The summed E-state index contributed by atoms with van der Waals surface area (Å²) in [7, 11) is -2.78. The molecule has 0 aliphatic carbocycles. The number of alkyl halides is 2. The Kier molecular flexibility index (Phi) is 6.61. The lowest BCUT2D eigenvalue weighted by Crippen LogP contribution is -2.19. The molecule has 0 amide bonds. The Labute approximate surface area is 157 Å². The van der Waals surface area contributed by atoms with Gasteiger partial charge in [0.25, 0.3) is 0 Å². The molecule has 0 saturated carbocycles. The van der Waals surface area contributed by atoms with E-state index in [2.05, 4.69) is 8.92 Å². The van der Waals surface area contributed by atoms with Crippen molar-refractivity contribution in [1.82, 2.24) is 0 Å². The summed E-state index contributed by atoms with van der Waals surface area (Å²) in [6.07, 6.45) is 1.14. The molecule has 0 atom stereocenters. The van der Waals surface area contributed by atoms with Crippen molar-refractivity contribution in [3.8, 4) is 17.2 Å². The van der Waals surface area contributed by atoms with Crippen LogP contribution in [0.3, 0.4) is 0 Å². The van der Waals surface area contributed by atoms with Crippen LogP contribution in [0.4, 0.5) is 8.78 Å². The first-order valence-electron chi connectivity index (χ1n) is 8.03. The third-order valence-corrected chi connectivity index (χ3v) is 4.44. The molecule has 0 unspecified atom stereocenters. The average molecular weight is 401 g/mol. The van der Waals surface area contributed by atoms with Gasteiger partial charge in [0.2, 0.25) is 0 Å². The Morgan fingerprint density at radius 2 is 1.63 bits per heavy atom. The summed E-state index contributed by atoms with van der Waals surface area (Å²) in [5.41, 5.74) is 3.84. The second kappa shape index (κ2) is 8.53.